The van der Waals surface area contributed by atoms with Crippen molar-refractivity contribution in [2.45, 2.75) is 64.6 Å². The lowest BCUT2D eigenvalue weighted by Crippen LogP contribution is -2.47. The molecule has 5 rings (SSSR count). The van der Waals surface area contributed by atoms with E-state index in [4.69, 9.17) is 9.47 Å². The van der Waals surface area contributed by atoms with Crippen LogP contribution in [0.2, 0.25) is 0 Å². The molecule has 0 aromatic heterocycles. The Kier molecular flexibility index (Phi) is 7.12. The average molecular weight is 495 g/mol. The van der Waals surface area contributed by atoms with Crippen LogP contribution in [0, 0.1) is 13.8 Å². The van der Waals surface area contributed by atoms with E-state index in [0.29, 0.717) is 30.8 Å². The van der Waals surface area contributed by atoms with Crippen LogP contribution in [-0.2, 0) is 22.7 Å². The molecule has 192 valence electrons. The molecule has 2 aromatic carbocycles. The molecule has 0 radical (unpaired) electrons. The number of benzene rings is 2. The third-order valence-corrected chi connectivity index (χ3v) is 8.01. The Morgan fingerprint density at radius 3 is 2.11 bits per heavy atom. The number of nitrogens with one attached hydrogen (secondary N) is 1. The van der Waals surface area contributed by atoms with E-state index in [-0.39, 0.29) is 31.2 Å². The third kappa shape index (κ3) is 4.66. The number of cyclic esters (lactones) is 2. The van der Waals surface area contributed by atoms with Gasteiger partial charge in [-0.15, -0.1) is 0 Å². The van der Waals surface area contributed by atoms with Gasteiger partial charge in [-0.05, 0) is 67.6 Å². The van der Waals surface area contributed by atoms with Gasteiger partial charge in [0, 0.05) is 36.8 Å². The lowest BCUT2D eigenvalue weighted by Gasteiger charge is -2.37. The fraction of sp³-hybridized carbons (Fsp3) is 0.500. The largest absolute Gasteiger partial charge is 0.457 e. The molecular formula is C28H34N2O6. The molecule has 3 aliphatic heterocycles. The van der Waals surface area contributed by atoms with Crippen molar-refractivity contribution in [3.05, 3.63) is 68.8 Å². The third-order valence-electron chi connectivity index (χ3n) is 8.01. The quantitative estimate of drug-likeness (QED) is 0.481. The number of β-amino-alcohol motifs (C(OH)–C–C–N with tert-alkyl or cyclic N) is 1. The van der Waals surface area contributed by atoms with E-state index >= 15 is 0 Å². The van der Waals surface area contributed by atoms with Gasteiger partial charge in [0.25, 0.3) is 0 Å². The van der Waals surface area contributed by atoms with Gasteiger partial charge in [0.2, 0.25) is 0 Å². The summed E-state index contributed by atoms with van der Waals surface area (Å²) < 4.78 is 10.3. The molecule has 3 unspecified atom stereocenters. The molecule has 1 fully saturated rings. The summed E-state index contributed by atoms with van der Waals surface area (Å²) in [6.45, 7) is 6.94. The number of hydrogen-bond acceptors (Lipinski definition) is 8. The van der Waals surface area contributed by atoms with Crippen LogP contribution in [0.3, 0.4) is 0 Å². The van der Waals surface area contributed by atoms with Gasteiger partial charge in [0.15, 0.2) is 0 Å². The minimum atomic E-state index is -0.687. The highest BCUT2D eigenvalue weighted by Crippen LogP contribution is 2.31. The average Bonchev–Trinajstić information content (AvgIpc) is 3.44. The normalized spacial score (nSPS) is 21.1. The molecule has 0 amide bonds. The van der Waals surface area contributed by atoms with E-state index in [1.54, 1.807) is 12.1 Å². The van der Waals surface area contributed by atoms with Crippen molar-refractivity contribution in [1.82, 2.24) is 10.2 Å². The zero-order valence-corrected chi connectivity index (χ0v) is 20.9. The fourth-order valence-electron chi connectivity index (χ4n) is 5.81. The highest BCUT2D eigenvalue weighted by atomic mass is 16.5. The van der Waals surface area contributed by atoms with Gasteiger partial charge in [0.1, 0.15) is 13.2 Å². The molecule has 0 spiro atoms. The first-order chi connectivity index (χ1) is 17.3. The van der Waals surface area contributed by atoms with Crippen molar-refractivity contribution < 1.29 is 29.3 Å². The van der Waals surface area contributed by atoms with Crippen molar-refractivity contribution in [2.24, 2.45) is 0 Å². The molecule has 0 aliphatic carbocycles. The Hall–Kier alpha value is -2.78. The Balaban J connectivity index is 1.19. The smallest absolute Gasteiger partial charge is 0.338 e. The van der Waals surface area contributed by atoms with E-state index in [1.807, 2.05) is 26.0 Å². The SMILES string of the molecule is Cc1c(C(O)CNCC2CCCCN2CC(O)c2ccc3c(c2C)COC3=O)ccc2c1COC2=O. The van der Waals surface area contributed by atoms with Gasteiger partial charge >= 0.3 is 11.9 Å². The molecule has 3 heterocycles. The van der Waals surface area contributed by atoms with Crippen LogP contribution in [0.15, 0.2) is 24.3 Å². The molecule has 8 nitrogen and oxygen atoms in total. The number of ether oxygens (including phenoxy) is 2. The summed E-state index contributed by atoms with van der Waals surface area (Å²) >= 11 is 0. The first-order valence-corrected chi connectivity index (χ1v) is 12.7. The Morgan fingerprint density at radius 1 is 0.917 bits per heavy atom. The van der Waals surface area contributed by atoms with Gasteiger partial charge < -0.3 is 25.0 Å². The minimum Gasteiger partial charge on any atom is -0.457 e. The van der Waals surface area contributed by atoms with Gasteiger partial charge in [-0.3, -0.25) is 4.90 Å². The summed E-state index contributed by atoms with van der Waals surface area (Å²) in [5.74, 6) is -0.598. The molecule has 3 atom stereocenters. The molecular weight excluding hydrogens is 460 g/mol. The van der Waals surface area contributed by atoms with E-state index < -0.39 is 12.2 Å². The first kappa shape index (κ1) is 24.9. The van der Waals surface area contributed by atoms with Crippen molar-refractivity contribution in [2.75, 3.05) is 26.2 Å². The van der Waals surface area contributed by atoms with Gasteiger partial charge in [-0.25, -0.2) is 9.59 Å². The highest BCUT2D eigenvalue weighted by molar-refractivity contribution is 5.94. The second kappa shape index (κ2) is 10.3. The van der Waals surface area contributed by atoms with Crippen molar-refractivity contribution >= 4 is 11.9 Å². The van der Waals surface area contributed by atoms with Crippen molar-refractivity contribution in [3.8, 4) is 0 Å². The second-order valence-corrected chi connectivity index (χ2v) is 10.1. The molecule has 1 saturated heterocycles. The number of aliphatic hydroxyl groups is 2. The van der Waals surface area contributed by atoms with E-state index in [0.717, 1.165) is 59.2 Å². The molecule has 0 saturated carbocycles. The lowest BCUT2D eigenvalue weighted by atomic mass is 9.94. The minimum absolute atomic E-state index is 0.257. The maximum Gasteiger partial charge on any atom is 0.338 e. The predicted octanol–water partition coefficient (Wildman–Crippen LogP) is 2.86. The van der Waals surface area contributed by atoms with Gasteiger partial charge in [0.05, 0.1) is 23.3 Å². The summed E-state index contributed by atoms with van der Waals surface area (Å²) in [7, 11) is 0. The first-order valence-electron chi connectivity index (χ1n) is 12.7. The Bertz CT molecular complexity index is 1180. The van der Waals surface area contributed by atoms with Crippen LogP contribution >= 0.6 is 0 Å². The highest BCUT2D eigenvalue weighted by Gasteiger charge is 2.29. The molecule has 36 heavy (non-hydrogen) atoms. The van der Waals surface area contributed by atoms with Crippen LogP contribution in [0.4, 0.5) is 0 Å². The number of fused-ring (bicyclic) bond motifs is 2. The van der Waals surface area contributed by atoms with Crippen LogP contribution in [0.5, 0.6) is 0 Å². The lowest BCUT2D eigenvalue weighted by molar-refractivity contribution is 0.0525. The van der Waals surface area contributed by atoms with E-state index in [2.05, 4.69) is 10.2 Å². The van der Waals surface area contributed by atoms with Gasteiger partial charge in [-0.1, -0.05) is 18.6 Å². The Morgan fingerprint density at radius 2 is 1.50 bits per heavy atom. The number of piperidine rings is 1. The van der Waals surface area contributed by atoms with Crippen molar-refractivity contribution in [1.29, 1.82) is 0 Å². The number of likely N-dealkylation sites (tertiary alicyclic amines) is 1. The molecule has 0 bridgehead atoms. The number of esters is 2. The zero-order chi connectivity index (χ0) is 25.4. The summed E-state index contributed by atoms with van der Waals surface area (Å²) in [4.78, 5) is 26.0. The number of carbonyl (C=O) groups excluding carboxylic acids is 2. The number of nitrogens with zero attached hydrogens (tertiary/aromatic N) is 1. The topological polar surface area (TPSA) is 108 Å². The van der Waals surface area contributed by atoms with Crippen molar-refractivity contribution in [3.63, 3.8) is 0 Å². The monoisotopic (exact) mass is 494 g/mol. The zero-order valence-electron chi connectivity index (χ0n) is 20.9. The van der Waals surface area contributed by atoms with Crippen LogP contribution < -0.4 is 5.32 Å². The van der Waals surface area contributed by atoms with Crippen LogP contribution in [0.25, 0.3) is 0 Å². The van der Waals surface area contributed by atoms with E-state index in [1.165, 1.54) is 0 Å². The standard InChI is InChI=1S/C28H34N2O6/c1-16-19(6-8-21-23(16)14-35-27(21)33)25(31)12-29-11-18-5-3-4-10-30(18)13-26(32)20-7-9-22-24(17(20)2)15-36-28(22)34/h6-9,18,25-26,29,31-32H,3-5,10-15H2,1-2H3. The van der Waals surface area contributed by atoms with Crippen LogP contribution in [0.1, 0.15) is 85.6 Å². The number of rotatable bonds is 8. The number of aliphatic hydroxyl groups excluding tert-OH is 2. The molecule has 2 aromatic rings. The van der Waals surface area contributed by atoms with Crippen LogP contribution in [-0.4, -0.2) is 59.3 Å². The summed E-state index contributed by atoms with van der Waals surface area (Å²) in [6.07, 6.45) is 1.91. The van der Waals surface area contributed by atoms with E-state index in [9.17, 15) is 19.8 Å². The predicted molar refractivity (Wildman–Crippen MR) is 133 cm³/mol. The molecule has 8 heteroatoms. The maximum absolute atomic E-state index is 11.8. The number of hydrogen-bond donors (Lipinski definition) is 3. The summed E-state index contributed by atoms with van der Waals surface area (Å²) in [6, 6.07) is 7.41. The molecule has 3 N–H and O–H groups in total. The fourth-order valence-corrected chi connectivity index (χ4v) is 5.81. The second-order valence-electron chi connectivity index (χ2n) is 10.1. The molecule has 3 aliphatic rings. The maximum atomic E-state index is 11.8. The Labute approximate surface area is 211 Å². The number of carbonyl (C=O) groups is 2. The summed E-state index contributed by atoms with van der Waals surface area (Å²) in [5, 5.41) is 25.4. The van der Waals surface area contributed by atoms with Gasteiger partial charge in [-0.2, -0.15) is 0 Å². The summed E-state index contributed by atoms with van der Waals surface area (Å²) in [5.41, 5.74) is 6.41.